The monoisotopic (exact) mass is 145 g/mol. The average molecular weight is 145 g/mol. The summed E-state index contributed by atoms with van der Waals surface area (Å²) in [4.78, 5) is 2.13. The van der Waals surface area contributed by atoms with E-state index in [4.69, 9.17) is 4.74 Å². The molecule has 0 bridgehead atoms. The highest BCUT2D eigenvalue weighted by Crippen LogP contribution is 1.94. The molecule has 2 nitrogen and oxygen atoms in total. The van der Waals surface area contributed by atoms with E-state index in [-0.39, 0.29) is 0 Å². The van der Waals surface area contributed by atoms with Gasteiger partial charge in [-0.25, -0.2) is 0 Å². The third kappa shape index (κ3) is 6.05. The Morgan fingerprint density at radius 2 is 2.00 bits per heavy atom. The van der Waals surface area contributed by atoms with E-state index >= 15 is 0 Å². The minimum atomic E-state index is 0.417. The van der Waals surface area contributed by atoms with E-state index < -0.39 is 0 Å². The van der Waals surface area contributed by atoms with Crippen LogP contribution in [-0.2, 0) is 4.74 Å². The van der Waals surface area contributed by atoms with Crippen molar-refractivity contribution in [3.63, 3.8) is 0 Å². The van der Waals surface area contributed by atoms with E-state index in [1.165, 1.54) is 0 Å². The van der Waals surface area contributed by atoms with Crippen molar-refractivity contribution >= 4 is 0 Å². The van der Waals surface area contributed by atoms with Crippen LogP contribution in [0.15, 0.2) is 0 Å². The molecule has 2 heteroatoms. The summed E-state index contributed by atoms with van der Waals surface area (Å²) in [6.07, 6.45) is 1.52. The lowest BCUT2D eigenvalue weighted by Gasteiger charge is -2.13. The molecule has 0 unspecified atom stereocenters. The number of hydrogen-bond acceptors (Lipinski definition) is 2. The maximum absolute atomic E-state index is 5.46. The van der Waals surface area contributed by atoms with E-state index in [2.05, 4.69) is 32.8 Å². The molecule has 0 heterocycles. The molecule has 0 spiro atoms. The van der Waals surface area contributed by atoms with Crippen LogP contribution in [-0.4, -0.2) is 38.3 Å². The Balaban J connectivity index is 3.03. The van der Waals surface area contributed by atoms with Crippen LogP contribution < -0.4 is 0 Å². The minimum absolute atomic E-state index is 0.417. The highest BCUT2D eigenvalue weighted by Gasteiger charge is 1.97. The number of nitrogens with zero attached hydrogens (tertiary/aromatic N) is 1. The van der Waals surface area contributed by atoms with Crippen molar-refractivity contribution in [2.75, 3.05) is 27.2 Å². The quantitative estimate of drug-likeness (QED) is 0.579. The summed E-state index contributed by atoms with van der Waals surface area (Å²) in [7, 11) is 4.11. The van der Waals surface area contributed by atoms with Gasteiger partial charge >= 0.3 is 0 Å². The lowest BCUT2D eigenvalue weighted by Crippen LogP contribution is -2.20. The Hall–Kier alpha value is -0.0800. The zero-order valence-corrected chi connectivity index (χ0v) is 7.55. The van der Waals surface area contributed by atoms with Gasteiger partial charge in [-0.15, -0.1) is 0 Å². The topological polar surface area (TPSA) is 12.5 Å². The van der Waals surface area contributed by atoms with Crippen molar-refractivity contribution in [3.05, 3.63) is 0 Å². The Labute approximate surface area is 64.2 Å². The van der Waals surface area contributed by atoms with Crippen molar-refractivity contribution in [2.24, 2.45) is 0 Å². The summed E-state index contributed by atoms with van der Waals surface area (Å²) in [6, 6.07) is 0. The third-order valence-electron chi connectivity index (χ3n) is 1.52. The summed E-state index contributed by atoms with van der Waals surface area (Å²) >= 11 is 0. The van der Waals surface area contributed by atoms with E-state index in [1.807, 2.05) is 0 Å². The molecule has 0 aliphatic rings. The first-order valence-corrected chi connectivity index (χ1v) is 3.93. The van der Waals surface area contributed by atoms with Crippen molar-refractivity contribution in [3.8, 4) is 0 Å². The predicted octanol–water partition coefficient (Wildman–Crippen LogP) is 1.36. The maximum Gasteiger partial charge on any atom is 0.0596 e. The van der Waals surface area contributed by atoms with Gasteiger partial charge in [0.05, 0.1) is 12.7 Å². The van der Waals surface area contributed by atoms with Crippen LogP contribution in [0, 0.1) is 0 Å². The molecular formula is C8H19NO. The number of rotatable bonds is 5. The fourth-order valence-corrected chi connectivity index (χ4v) is 0.554. The summed E-state index contributed by atoms with van der Waals surface area (Å²) < 4.78 is 5.46. The van der Waals surface area contributed by atoms with Crippen LogP contribution in [0.2, 0.25) is 0 Å². The van der Waals surface area contributed by atoms with Gasteiger partial charge in [-0.3, -0.25) is 0 Å². The van der Waals surface area contributed by atoms with Gasteiger partial charge < -0.3 is 9.64 Å². The molecule has 0 radical (unpaired) electrons. The summed E-state index contributed by atoms with van der Waals surface area (Å²) in [5.41, 5.74) is 0. The van der Waals surface area contributed by atoms with E-state index in [1.54, 1.807) is 0 Å². The standard InChI is InChI=1S/C8H19NO/c1-5-8(2)10-7-6-9(3)4/h8H,5-7H2,1-4H3/t8-/m1/s1. The van der Waals surface area contributed by atoms with E-state index in [0.717, 1.165) is 19.6 Å². The predicted molar refractivity (Wildman–Crippen MR) is 44.3 cm³/mol. The molecule has 0 aliphatic carbocycles. The first-order chi connectivity index (χ1) is 4.66. The normalized spacial score (nSPS) is 14.1. The highest BCUT2D eigenvalue weighted by atomic mass is 16.5. The van der Waals surface area contributed by atoms with Gasteiger partial charge in [0.15, 0.2) is 0 Å². The number of hydrogen-bond donors (Lipinski definition) is 0. The van der Waals surface area contributed by atoms with Crippen molar-refractivity contribution in [2.45, 2.75) is 26.4 Å². The first-order valence-electron chi connectivity index (χ1n) is 3.93. The molecule has 0 saturated heterocycles. The zero-order chi connectivity index (χ0) is 7.98. The molecule has 10 heavy (non-hydrogen) atoms. The Kier molecular flexibility index (Phi) is 5.64. The molecule has 0 amide bonds. The van der Waals surface area contributed by atoms with Crippen molar-refractivity contribution in [1.82, 2.24) is 4.90 Å². The maximum atomic E-state index is 5.46. The molecule has 1 atom stereocenters. The van der Waals surface area contributed by atoms with Crippen molar-refractivity contribution < 1.29 is 4.74 Å². The minimum Gasteiger partial charge on any atom is -0.377 e. The lowest BCUT2D eigenvalue weighted by molar-refractivity contribution is 0.0539. The highest BCUT2D eigenvalue weighted by molar-refractivity contribution is 4.46. The molecule has 0 aromatic carbocycles. The van der Waals surface area contributed by atoms with Gasteiger partial charge in [0.2, 0.25) is 0 Å². The second kappa shape index (κ2) is 5.69. The second-order valence-corrected chi connectivity index (χ2v) is 2.89. The molecule has 62 valence electrons. The molecule has 0 fully saturated rings. The lowest BCUT2D eigenvalue weighted by atomic mass is 10.3. The zero-order valence-electron chi connectivity index (χ0n) is 7.55. The largest absolute Gasteiger partial charge is 0.377 e. The number of ether oxygens (including phenoxy) is 1. The molecule has 0 aromatic rings. The third-order valence-corrected chi connectivity index (χ3v) is 1.52. The van der Waals surface area contributed by atoms with Gasteiger partial charge in [-0.05, 0) is 27.4 Å². The molecule has 0 saturated carbocycles. The van der Waals surface area contributed by atoms with Crippen molar-refractivity contribution in [1.29, 1.82) is 0 Å². The molecule has 0 N–H and O–H groups in total. The summed E-state index contributed by atoms with van der Waals surface area (Å²) in [5, 5.41) is 0. The van der Waals surface area contributed by atoms with Crippen LogP contribution in [0.3, 0.4) is 0 Å². The van der Waals surface area contributed by atoms with E-state index in [9.17, 15) is 0 Å². The average Bonchev–Trinajstić information content (AvgIpc) is 1.87. The van der Waals surface area contributed by atoms with Gasteiger partial charge in [0.1, 0.15) is 0 Å². The van der Waals surface area contributed by atoms with Gasteiger partial charge in [-0.1, -0.05) is 6.92 Å². The molecule has 0 rings (SSSR count). The van der Waals surface area contributed by atoms with Crippen LogP contribution >= 0.6 is 0 Å². The fraction of sp³-hybridized carbons (Fsp3) is 1.00. The van der Waals surface area contributed by atoms with Gasteiger partial charge in [0.25, 0.3) is 0 Å². The molecule has 0 aliphatic heterocycles. The summed E-state index contributed by atoms with van der Waals surface area (Å²) in [5.74, 6) is 0. The van der Waals surface area contributed by atoms with Crippen LogP contribution in [0.1, 0.15) is 20.3 Å². The van der Waals surface area contributed by atoms with Gasteiger partial charge in [-0.2, -0.15) is 0 Å². The van der Waals surface area contributed by atoms with Gasteiger partial charge in [0, 0.05) is 6.54 Å². The Morgan fingerprint density at radius 3 is 2.40 bits per heavy atom. The van der Waals surface area contributed by atoms with Crippen LogP contribution in [0.4, 0.5) is 0 Å². The smallest absolute Gasteiger partial charge is 0.0596 e. The summed E-state index contributed by atoms with van der Waals surface area (Å²) in [6.45, 7) is 6.11. The second-order valence-electron chi connectivity index (χ2n) is 2.89. The van der Waals surface area contributed by atoms with Crippen LogP contribution in [0.5, 0.6) is 0 Å². The number of likely N-dealkylation sites (N-methyl/N-ethyl adjacent to an activating group) is 1. The molecular weight excluding hydrogens is 126 g/mol. The first kappa shape index (κ1) is 9.92. The van der Waals surface area contributed by atoms with Crippen LogP contribution in [0.25, 0.3) is 0 Å². The molecule has 0 aromatic heterocycles. The fourth-order valence-electron chi connectivity index (χ4n) is 0.554. The Morgan fingerprint density at radius 1 is 1.40 bits per heavy atom. The Bertz CT molecular complexity index is 73.7. The van der Waals surface area contributed by atoms with E-state index in [0.29, 0.717) is 6.10 Å². The SMILES string of the molecule is CC[C@@H](C)OCCN(C)C.